The molecule has 96 valence electrons. The highest BCUT2D eigenvalue weighted by Gasteiger charge is 2.05. The van der Waals surface area contributed by atoms with Crippen molar-refractivity contribution in [1.29, 1.82) is 0 Å². The number of likely N-dealkylation sites (N-methyl/N-ethyl adjacent to an activating group) is 1. The lowest BCUT2D eigenvalue weighted by Gasteiger charge is -2.13. The molecule has 5 nitrogen and oxygen atoms in total. The fourth-order valence-electron chi connectivity index (χ4n) is 1.90. The second-order valence-corrected chi connectivity index (χ2v) is 4.49. The van der Waals surface area contributed by atoms with E-state index in [0.29, 0.717) is 5.89 Å². The molecule has 0 radical (unpaired) electrons. The number of aryl methyl sites for hydroxylation is 1. The van der Waals surface area contributed by atoms with Crippen LogP contribution in [0.15, 0.2) is 22.6 Å². The van der Waals surface area contributed by atoms with E-state index < -0.39 is 0 Å². The van der Waals surface area contributed by atoms with Crippen LogP contribution >= 0.6 is 0 Å². The summed E-state index contributed by atoms with van der Waals surface area (Å²) in [6, 6.07) is 5.98. The van der Waals surface area contributed by atoms with Crippen molar-refractivity contribution < 1.29 is 9.21 Å². The molecule has 5 heteroatoms. The number of hydrogen-bond donors (Lipinski definition) is 1. The fraction of sp³-hybridized carbons (Fsp3) is 0.385. The predicted molar refractivity (Wildman–Crippen MR) is 69.1 cm³/mol. The van der Waals surface area contributed by atoms with Crippen LogP contribution in [-0.4, -0.2) is 35.9 Å². The van der Waals surface area contributed by atoms with Gasteiger partial charge < -0.3 is 10.2 Å². The predicted octanol–water partition coefficient (Wildman–Crippen LogP) is 1.10. The largest absolute Gasteiger partial charge is 0.441 e. The summed E-state index contributed by atoms with van der Waals surface area (Å²) in [5.74, 6) is 0.367. The number of benzene rings is 1. The molecule has 2 N–H and O–H groups in total. The van der Waals surface area contributed by atoms with E-state index in [1.165, 1.54) is 0 Å². The van der Waals surface area contributed by atoms with Crippen molar-refractivity contribution in [1.82, 2.24) is 9.88 Å². The second kappa shape index (κ2) is 5.18. The Kier molecular flexibility index (Phi) is 3.62. The van der Waals surface area contributed by atoms with Crippen LogP contribution in [0.2, 0.25) is 0 Å². The van der Waals surface area contributed by atoms with Gasteiger partial charge in [0.1, 0.15) is 5.52 Å². The average Bonchev–Trinajstić information content (AvgIpc) is 2.64. The van der Waals surface area contributed by atoms with Crippen molar-refractivity contribution >= 4 is 17.0 Å². The Bertz CT molecular complexity index is 562. The standard InChI is InChI=1S/C13H17N3O2/c1-9-15-11-4-3-10(7-12(11)18-9)5-6-16(2)8-13(14)17/h3-4,7H,5-6,8H2,1-2H3,(H2,14,17). The number of fused-ring (bicyclic) bond motifs is 1. The molecule has 0 fully saturated rings. The molecule has 2 aromatic rings. The number of amides is 1. The summed E-state index contributed by atoms with van der Waals surface area (Å²) < 4.78 is 5.48. The maximum Gasteiger partial charge on any atom is 0.231 e. The summed E-state index contributed by atoms with van der Waals surface area (Å²) >= 11 is 0. The zero-order valence-corrected chi connectivity index (χ0v) is 10.6. The first-order chi connectivity index (χ1) is 8.54. The number of carbonyl (C=O) groups is 1. The first-order valence-electron chi connectivity index (χ1n) is 5.87. The van der Waals surface area contributed by atoms with Crippen LogP contribution in [-0.2, 0) is 11.2 Å². The minimum Gasteiger partial charge on any atom is -0.441 e. The molecule has 1 aromatic heterocycles. The van der Waals surface area contributed by atoms with Crippen molar-refractivity contribution in [2.75, 3.05) is 20.1 Å². The fourth-order valence-corrected chi connectivity index (χ4v) is 1.90. The smallest absolute Gasteiger partial charge is 0.231 e. The van der Waals surface area contributed by atoms with Gasteiger partial charge in [-0.1, -0.05) is 6.07 Å². The van der Waals surface area contributed by atoms with Gasteiger partial charge in [-0.2, -0.15) is 0 Å². The Morgan fingerprint density at radius 2 is 2.28 bits per heavy atom. The molecule has 0 unspecified atom stereocenters. The van der Waals surface area contributed by atoms with Gasteiger partial charge in [0, 0.05) is 13.5 Å². The third-order valence-electron chi connectivity index (χ3n) is 2.77. The zero-order valence-electron chi connectivity index (χ0n) is 10.6. The molecule has 1 amide bonds. The van der Waals surface area contributed by atoms with Gasteiger partial charge in [0.05, 0.1) is 6.54 Å². The first-order valence-corrected chi connectivity index (χ1v) is 5.87. The van der Waals surface area contributed by atoms with E-state index in [9.17, 15) is 4.79 Å². The van der Waals surface area contributed by atoms with Gasteiger partial charge in [-0.05, 0) is 31.2 Å². The molecule has 0 aliphatic carbocycles. The lowest BCUT2D eigenvalue weighted by Crippen LogP contribution is -2.32. The maximum absolute atomic E-state index is 10.8. The van der Waals surface area contributed by atoms with Crippen LogP contribution in [0.5, 0.6) is 0 Å². The van der Waals surface area contributed by atoms with E-state index in [-0.39, 0.29) is 12.5 Å². The Labute approximate surface area is 106 Å². The number of primary amides is 1. The number of nitrogens with zero attached hydrogens (tertiary/aromatic N) is 2. The summed E-state index contributed by atoms with van der Waals surface area (Å²) in [6.45, 7) is 2.89. The van der Waals surface area contributed by atoms with Crippen molar-refractivity contribution in [2.24, 2.45) is 5.73 Å². The number of carbonyl (C=O) groups excluding carboxylic acids is 1. The minimum atomic E-state index is -0.307. The van der Waals surface area contributed by atoms with E-state index in [1.807, 2.05) is 37.1 Å². The SMILES string of the molecule is Cc1nc2ccc(CCN(C)CC(N)=O)cc2o1. The molecule has 0 saturated heterocycles. The van der Waals surface area contributed by atoms with Gasteiger partial charge in [-0.3, -0.25) is 9.69 Å². The Morgan fingerprint density at radius 1 is 1.50 bits per heavy atom. The molecular weight excluding hydrogens is 230 g/mol. The van der Waals surface area contributed by atoms with E-state index in [0.717, 1.165) is 29.6 Å². The molecule has 0 aliphatic heterocycles. The summed E-state index contributed by atoms with van der Waals surface area (Å²) in [5.41, 5.74) is 7.98. The third-order valence-corrected chi connectivity index (χ3v) is 2.77. The molecular formula is C13H17N3O2. The van der Waals surface area contributed by atoms with Crippen molar-refractivity contribution in [3.05, 3.63) is 29.7 Å². The van der Waals surface area contributed by atoms with Crippen LogP contribution in [0.1, 0.15) is 11.5 Å². The molecule has 0 spiro atoms. The van der Waals surface area contributed by atoms with Crippen LogP contribution in [0, 0.1) is 6.92 Å². The molecule has 1 aromatic carbocycles. The summed E-state index contributed by atoms with van der Waals surface area (Å²) in [7, 11) is 1.88. The Morgan fingerprint density at radius 3 is 3.00 bits per heavy atom. The van der Waals surface area contributed by atoms with Crippen LogP contribution in [0.4, 0.5) is 0 Å². The third kappa shape index (κ3) is 3.07. The van der Waals surface area contributed by atoms with Crippen molar-refractivity contribution in [2.45, 2.75) is 13.3 Å². The lowest BCUT2D eigenvalue weighted by atomic mass is 10.1. The summed E-state index contributed by atoms with van der Waals surface area (Å²) in [5, 5.41) is 0. The normalized spacial score (nSPS) is 11.3. The van der Waals surface area contributed by atoms with E-state index in [1.54, 1.807) is 0 Å². The summed E-state index contributed by atoms with van der Waals surface area (Å²) in [6.07, 6.45) is 0.847. The van der Waals surface area contributed by atoms with Crippen LogP contribution < -0.4 is 5.73 Å². The number of hydrogen-bond acceptors (Lipinski definition) is 4. The van der Waals surface area contributed by atoms with Gasteiger partial charge >= 0.3 is 0 Å². The molecule has 0 atom stereocenters. The quantitative estimate of drug-likeness (QED) is 0.858. The molecule has 2 rings (SSSR count). The lowest BCUT2D eigenvalue weighted by molar-refractivity contribution is -0.118. The molecule has 18 heavy (non-hydrogen) atoms. The number of rotatable bonds is 5. The monoisotopic (exact) mass is 247 g/mol. The number of oxazole rings is 1. The summed E-state index contributed by atoms with van der Waals surface area (Å²) in [4.78, 5) is 16.9. The van der Waals surface area contributed by atoms with Gasteiger partial charge in [0.25, 0.3) is 0 Å². The highest BCUT2D eigenvalue weighted by Crippen LogP contribution is 2.17. The van der Waals surface area contributed by atoms with Gasteiger partial charge in [0.2, 0.25) is 5.91 Å². The topological polar surface area (TPSA) is 72.4 Å². The van der Waals surface area contributed by atoms with Gasteiger partial charge in [-0.25, -0.2) is 4.98 Å². The second-order valence-electron chi connectivity index (χ2n) is 4.49. The van der Waals surface area contributed by atoms with E-state index >= 15 is 0 Å². The van der Waals surface area contributed by atoms with Crippen LogP contribution in [0.25, 0.3) is 11.1 Å². The van der Waals surface area contributed by atoms with E-state index in [4.69, 9.17) is 10.2 Å². The minimum absolute atomic E-state index is 0.281. The number of nitrogens with two attached hydrogens (primary N) is 1. The number of aromatic nitrogens is 1. The maximum atomic E-state index is 10.8. The average molecular weight is 247 g/mol. The molecule has 0 saturated carbocycles. The Hall–Kier alpha value is -1.88. The zero-order chi connectivity index (χ0) is 13.1. The molecule has 0 bridgehead atoms. The highest BCUT2D eigenvalue weighted by atomic mass is 16.3. The van der Waals surface area contributed by atoms with Gasteiger partial charge in [-0.15, -0.1) is 0 Å². The van der Waals surface area contributed by atoms with Crippen LogP contribution in [0.3, 0.4) is 0 Å². The van der Waals surface area contributed by atoms with Crippen molar-refractivity contribution in [3.8, 4) is 0 Å². The Balaban J connectivity index is 2.01. The van der Waals surface area contributed by atoms with E-state index in [2.05, 4.69) is 4.98 Å². The van der Waals surface area contributed by atoms with Gasteiger partial charge in [0.15, 0.2) is 11.5 Å². The van der Waals surface area contributed by atoms with Crippen molar-refractivity contribution in [3.63, 3.8) is 0 Å². The molecule has 0 aliphatic rings. The highest BCUT2D eigenvalue weighted by molar-refractivity contribution is 5.76. The molecule has 1 heterocycles. The first kappa shape index (κ1) is 12.6.